The molecule has 0 saturated carbocycles. The van der Waals surface area contributed by atoms with Crippen molar-refractivity contribution in [2.45, 2.75) is 18.9 Å². The zero-order valence-electron chi connectivity index (χ0n) is 9.70. The Morgan fingerprint density at radius 3 is 2.67 bits per heavy atom. The molecule has 2 rings (SSSR count). The molecule has 3 N–H and O–H groups in total. The third-order valence-corrected chi connectivity index (χ3v) is 3.70. The molecule has 18 heavy (non-hydrogen) atoms. The van der Waals surface area contributed by atoms with Gasteiger partial charge in [-0.2, -0.15) is 0 Å². The smallest absolute Gasteiger partial charge is 0.227 e. The molecule has 0 fully saturated rings. The van der Waals surface area contributed by atoms with Gasteiger partial charge < -0.3 is 11.1 Å². The number of nitrogens with one attached hydrogen (secondary N) is 1. The minimum atomic E-state index is -0.161. The predicted octanol–water partition coefficient (Wildman–Crippen LogP) is 2.54. The average Bonchev–Trinajstić information content (AvgIpc) is 2.34. The van der Waals surface area contributed by atoms with Crippen molar-refractivity contribution in [3.05, 3.63) is 46.1 Å². The third kappa shape index (κ3) is 3.18. The minimum Gasteiger partial charge on any atom is -0.399 e. The Morgan fingerprint density at radius 2 is 2.06 bits per heavy atom. The number of halogens is 2. The Balaban J connectivity index is 1.92. The fourth-order valence-corrected chi connectivity index (χ4v) is 2.26. The predicted molar refractivity (Wildman–Crippen MR) is 73.9 cm³/mol. The van der Waals surface area contributed by atoms with E-state index in [1.54, 1.807) is 12.2 Å². The Kier molecular flexibility index (Phi) is 4.15. The van der Waals surface area contributed by atoms with Gasteiger partial charge in [-0.15, -0.1) is 0 Å². The van der Waals surface area contributed by atoms with E-state index in [2.05, 4.69) is 5.32 Å². The molecular formula is C13H14Cl2N2O. The van der Waals surface area contributed by atoms with Gasteiger partial charge in [-0.1, -0.05) is 41.4 Å². The van der Waals surface area contributed by atoms with Crippen LogP contribution in [0.1, 0.15) is 12.8 Å². The summed E-state index contributed by atoms with van der Waals surface area (Å²) >= 11 is 11.8. The summed E-state index contributed by atoms with van der Waals surface area (Å²) in [6.07, 6.45) is 10.3. The van der Waals surface area contributed by atoms with Crippen LogP contribution >= 0.6 is 23.2 Å². The molecule has 0 aromatic rings. The second kappa shape index (κ2) is 5.63. The molecule has 2 atom stereocenters. The maximum absolute atomic E-state index is 12.0. The molecule has 2 aliphatic carbocycles. The van der Waals surface area contributed by atoms with Crippen LogP contribution in [0.2, 0.25) is 0 Å². The van der Waals surface area contributed by atoms with Gasteiger partial charge in [-0.25, -0.2) is 0 Å². The molecule has 0 aliphatic heterocycles. The molecule has 2 aliphatic rings. The highest BCUT2D eigenvalue weighted by Gasteiger charge is 2.20. The summed E-state index contributed by atoms with van der Waals surface area (Å²) < 4.78 is 0. The zero-order valence-corrected chi connectivity index (χ0v) is 11.2. The van der Waals surface area contributed by atoms with Crippen molar-refractivity contribution in [1.82, 2.24) is 5.32 Å². The second-order valence-corrected chi connectivity index (χ2v) is 5.14. The lowest BCUT2D eigenvalue weighted by Gasteiger charge is -2.21. The van der Waals surface area contributed by atoms with E-state index in [0.717, 1.165) is 0 Å². The Labute approximate surface area is 116 Å². The second-order valence-electron chi connectivity index (χ2n) is 4.32. The van der Waals surface area contributed by atoms with Crippen molar-refractivity contribution >= 4 is 29.1 Å². The Morgan fingerprint density at radius 1 is 1.28 bits per heavy atom. The van der Waals surface area contributed by atoms with Gasteiger partial charge in [0.05, 0.1) is 22.0 Å². The van der Waals surface area contributed by atoms with E-state index in [1.807, 2.05) is 18.2 Å². The largest absolute Gasteiger partial charge is 0.399 e. The van der Waals surface area contributed by atoms with Crippen molar-refractivity contribution in [1.29, 1.82) is 0 Å². The van der Waals surface area contributed by atoms with Gasteiger partial charge in [-0.05, 0) is 25.0 Å². The van der Waals surface area contributed by atoms with Crippen LogP contribution in [0.15, 0.2) is 46.1 Å². The number of nitrogens with two attached hydrogens (primary N) is 1. The highest BCUT2D eigenvalue weighted by Crippen LogP contribution is 2.25. The minimum absolute atomic E-state index is 0.0212. The molecule has 3 nitrogen and oxygen atoms in total. The number of carbonyl (C=O) groups is 1. The van der Waals surface area contributed by atoms with Crippen LogP contribution in [0.4, 0.5) is 0 Å². The number of hydrogen-bond acceptors (Lipinski definition) is 2. The van der Waals surface area contributed by atoms with Crippen LogP contribution in [0.5, 0.6) is 0 Å². The van der Waals surface area contributed by atoms with E-state index in [0.29, 0.717) is 28.6 Å². The van der Waals surface area contributed by atoms with Crippen LogP contribution < -0.4 is 11.1 Å². The summed E-state index contributed by atoms with van der Waals surface area (Å²) in [5.41, 5.74) is 6.31. The van der Waals surface area contributed by atoms with Crippen molar-refractivity contribution in [3.63, 3.8) is 0 Å². The lowest BCUT2D eigenvalue weighted by atomic mass is 9.97. The van der Waals surface area contributed by atoms with E-state index >= 15 is 0 Å². The van der Waals surface area contributed by atoms with Gasteiger partial charge in [0.2, 0.25) is 5.91 Å². The van der Waals surface area contributed by atoms with Crippen molar-refractivity contribution in [2.75, 3.05) is 0 Å². The highest BCUT2D eigenvalue weighted by molar-refractivity contribution is 6.44. The molecule has 1 amide bonds. The zero-order chi connectivity index (χ0) is 13.1. The van der Waals surface area contributed by atoms with E-state index in [1.165, 1.54) is 0 Å². The van der Waals surface area contributed by atoms with Crippen molar-refractivity contribution < 1.29 is 4.79 Å². The van der Waals surface area contributed by atoms with Gasteiger partial charge in [0.25, 0.3) is 0 Å². The molecule has 0 aromatic carbocycles. The van der Waals surface area contributed by atoms with E-state index in [-0.39, 0.29) is 17.9 Å². The Hall–Kier alpha value is -1.19. The molecule has 0 heterocycles. The van der Waals surface area contributed by atoms with E-state index in [9.17, 15) is 4.79 Å². The number of hydrogen-bond donors (Lipinski definition) is 2. The molecule has 0 radical (unpaired) electrons. The monoisotopic (exact) mass is 284 g/mol. The molecule has 5 heteroatoms. The van der Waals surface area contributed by atoms with Crippen LogP contribution in [-0.4, -0.2) is 11.9 Å². The maximum atomic E-state index is 12.0. The first-order chi connectivity index (χ1) is 8.56. The number of amides is 1. The SMILES string of the molecule is NC1=CCC(C(=O)NC2C=C(Cl)C(Cl)=CC2)C=C1. The van der Waals surface area contributed by atoms with Gasteiger partial charge in [0, 0.05) is 5.70 Å². The van der Waals surface area contributed by atoms with Gasteiger partial charge >= 0.3 is 0 Å². The van der Waals surface area contributed by atoms with E-state index in [4.69, 9.17) is 28.9 Å². The van der Waals surface area contributed by atoms with Crippen LogP contribution in [0.25, 0.3) is 0 Å². The van der Waals surface area contributed by atoms with Crippen LogP contribution in [0, 0.1) is 5.92 Å². The average molecular weight is 285 g/mol. The van der Waals surface area contributed by atoms with Crippen molar-refractivity contribution in [3.8, 4) is 0 Å². The maximum Gasteiger partial charge on any atom is 0.227 e. The summed E-state index contributed by atoms with van der Waals surface area (Å²) in [5, 5.41) is 3.95. The van der Waals surface area contributed by atoms with Crippen LogP contribution in [-0.2, 0) is 4.79 Å². The molecule has 2 unspecified atom stereocenters. The third-order valence-electron chi connectivity index (χ3n) is 2.92. The fourth-order valence-electron chi connectivity index (χ4n) is 1.87. The molecule has 0 bridgehead atoms. The van der Waals surface area contributed by atoms with Gasteiger partial charge in [0.1, 0.15) is 0 Å². The first kappa shape index (κ1) is 13.2. The number of carbonyl (C=O) groups excluding carboxylic acids is 1. The summed E-state index contributed by atoms with van der Waals surface area (Å²) in [6, 6.07) is -0.0934. The summed E-state index contributed by atoms with van der Waals surface area (Å²) in [6.45, 7) is 0. The summed E-state index contributed by atoms with van der Waals surface area (Å²) in [5.74, 6) is -0.182. The normalized spacial score (nSPS) is 27.1. The first-order valence-electron chi connectivity index (χ1n) is 5.74. The molecule has 0 saturated heterocycles. The topological polar surface area (TPSA) is 55.1 Å². The van der Waals surface area contributed by atoms with Crippen LogP contribution in [0.3, 0.4) is 0 Å². The quantitative estimate of drug-likeness (QED) is 0.819. The lowest BCUT2D eigenvalue weighted by molar-refractivity contribution is -0.123. The summed E-state index contributed by atoms with van der Waals surface area (Å²) in [4.78, 5) is 12.0. The first-order valence-corrected chi connectivity index (χ1v) is 6.49. The highest BCUT2D eigenvalue weighted by atomic mass is 35.5. The molecule has 96 valence electrons. The Bertz CT molecular complexity index is 477. The molecular weight excluding hydrogens is 271 g/mol. The lowest BCUT2D eigenvalue weighted by Crippen LogP contribution is -2.38. The van der Waals surface area contributed by atoms with E-state index < -0.39 is 0 Å². The van der Waals surface area contributed by atoms with Crippen molar-refractivity contribution in [2.24, 2.45) is 11.7 Å². The summed E-state index contributed by atoms with van der Waals surface area (Å²) in [7, 11) is 0. The van der Waals surface area contributed by atoms with Gasteiger partial charge in [-0.3, -0.25) is 4.79 Å². The molecule has 0 spiro atoms. The van der Waals surface area contributed by atoms with Gasteiger partial charge in [0.15, 0.2) is 0 Å². The fraction of sp³-hybridized carbons (Fsp3) is 0.308. The molecule has 0 aromatic heterocycles. The number of allylic oxidation sites excluding steroid dienone is 4. The standard InChI is InChI=1S/C13H14Cl2N2O/c14-11-6-5-10(7-12(11)15)17-13(18)8-1-3-9(16)4-2-8/h1,3-4,6-8,10H,2,5,16H2,(H,17,18). The number of rotatable bonds is 2.